The van der Waals surface area contributed by atoms with Crippen LogP contribution in [0.25, 0.3) is 0 Å². The number of rotatable bonds is 4. The number of halogens is 1. The number of nitrogens with one attached hydrogen (secondary N) is 2. The molecule has 1 amide bonds. The van der Waals surface area contributed by atoms with Gasteiger partial charge in [0.25, 0.3) is 5.91 Å². The molecule has 1 rings (SSSR count). The van der Waals surface area contributed by atoms with Crippen LogP contribution in [0.3, 0.4) is 0 Å². The second kappa shape index (κ2) is 5.13. The minimum atomic E-state index is -3.92. The summed E-state index contributed by atoms with van der Waals surface area (Å²) in [6.45, 7) is 3.16. The first kappa shape index (κ1) is 12.7. The zero-order valence-electron chi connectivity index (χ0n) is 8.10. The summed E-state index contributed by atoms with van der Waals surface area (Å²) < 4.78 is 27.4. The molecule has 7 heteroatoms. The lowest BCUT2D eigenvalue weighted by molar-refractivity contribution is -0.114. The molecule has 1 aromatic carbocycles. The van der Waals surface area contributed by atoms with Gasteiger partial charge in [-0.3, -0.25) is 9.52 Å². The Hall–Kier alpha value is -1.34. The van der Waals surface area contributed by atoms with Gasteiger partial charge in [-0.15, -0.1) is 0 Å². The third-order valence-electron chi connectivity index (χ3n) is 1.54. The summed E-state index contributed by atoms with van der Waals surface area (Å²) in [5, 5.41) is 0. The van der Waals surface area contributed by atoms with Crippen molar-refractivity contribution in [3.05, 3.63) is 41.4 Å². The summed E-state index contributed by atoms with van der Waals surface area (Å²) in [6, 6.07) is 6.64. The van der Waals surface area contributed by atoms with Crippen molar-refractivity contribution in [3.63, 3.8) is 0 Å². The Kier molecular flexibility index (Phi) is 4.08. The number of carbonyl (C=O) groups is 1. The molecule has 5 nitrogen and oxygen atoms in total. The van der Waals surface area contributed by atoms with Gasteiger partial charge in [0, 0.05) is 4.47 Å². The second-order valence-corrected chi connectivity index (χ2v) is 5.03. The third-order valence-corrected chi connectivity index (χ3v) is 3.19. The summed E-state index contributed by atoms with van der Waals surface area (Å²) in [5.41, 5.74) is 0.340. The van der Waals surface area contributed by atoms with Crippen molar-refractivity contribution in [3.8, 4) is 0 Å². The van der Waals surface area contributed by atoms with Crippen molar-refractivity contribution in [2.45, 2.75) is 0 Å². The third kappa shape index (κ3) is 3.67. The average molecular weight is 305 g/mol. The molecule has 0 atom stereocenters. The minimum Gasteiger partial charge on any atom is -0.269 e. The fourth-order valence-corrected chi connectivity index (χ4v) is 2.27. The van der Waals surface area contributed by atoms with Crippen molar-refractivity contribution in [1.82, 2.24) is 4.72 Å². The molecule has 0 saturated heterocycles. The Morgan fingerprint density at radius 1 is 1.38 bits per heavy atom. The first-order chi connectivity index (χ1) is 7.44. The van der Waals surface area contributed by atoms with Crippen LogP contribution in [0.15, 0.2) is 41.4 Å². The number of para-hydroxylation sites is 1. The zero-order valence-corrected chi connectivity index (χ0v) is 10.5. The van der Waals surface area contributed by atoms with Gasteiger partial charge in [-0.1, -0.05) is 18.7 Å². The van der Waals surface area contributed by atoms with Gasteiger partial charge in [-0.05, 0) is 34.1 Å². The molecule has 86 valence electrons. The number of hydrogen-bond donors (Lipinski definition) is 2. The van der Waals surface area contributed by atoms with Gasteiger partial charge in [0.05, 0.1) is 5.69 Å². The lowest BCUT2D eigenvalue weighted by atomic mass is 10.3. The monoisotopic (exact) mass is 304 g/mol. The van der Waals surface area contributed by atoms with Crippen molar-refractivity contribution in [2.24, 2.45) is 0 Å². The smallest absolute Gasteiger partial charge is 0.269 e. The molecule has 0 spiro atoms. The standard InChI is InChI=1S/C9H9BrN2O3S/c1-2-9(13)12-16(14,15)11-8-6-4-3-5-7(8)10/h2-6,11H,1H2,(H,12,13). The van der Waals surface area contributed by atoms with Gasteiger partial charge in [-0.25, -0.2) is 4.72 Å². The molecular weight excluding hydrogens is 296 g/mol. The highest BCUT2D eigenvalue weighted by molar-refractivity contribution is 9.10. The van der Waals surface area contributed by atoms with Crippen LogP contribution in [0, 0.1) is 0 Å². The molecule has 0 aliphatic carbocycles. The van der Waals surface area contributed by atoms with Gasteiger partial charge in [0.1, 0.15) is 0 Å². The minimum absolute atomic E-state index is 0.340. The fourth-order valence-electron chi connectivity index (χ4n) is 0.888. The van der Waals surface area contributed by atoms with Gasteiger partial charge < -0.3 is 0 Å². The molecule has 2 N–H and O–H groups in total. The maximum atomic E-state index is 11.4. The van der Waals surface area contributed by atoms with E-state index in [1.807, 2.05) is 0 Å². The van der Waals surface area contributed by atoms with Crippen molar-refractivity contribution >= 4 is 37.7 Å². The van der Waals surface area contributed by atoms with Crippen molar-refractivity contribution in [1.29, 1.82) is 0 Å². The van der Waals surface area contributed by atoms with Crippen LogP contribution in [0.5, 0.6) is 0 Å². The van der Waals surface area contributed by atoms with Crippen LogP contribution in [-0.4, -0.2) is 14.3 Å². The second-order valence-electron chi connectivity index (χ2n) is 2.76. The van der Waals surface area contributed by atoms with E-state index in [1.165, 1.54) is 0 Å². The van der Waals surface area contributed by atoms with Crippen molar-refractivity contribution < 1.29 is 13.2 Å². The van der Waals surface area contributed by atoms with Crippen LogP contribution in [-0.2, 0) is 15.0 Å². The van der Waals surface area contributed by atoms with Crippen LogP contribution in [0.4, 0.5) is 5.69 Å². The first-order valence-corrected chi connectivity index (χ1v) is 6.44. The molecular formula is C9H9BrN2O3S. The lowest BCUT2D eigenvalue weighted by Gasteiger charge is -2.09. The highest BCUT2D eigenvalue weighted by atomic mass is 79.9. The normalized spacial score (nSPS) is 10.6. The Morgan fingerprint density at radius 3 is 2.56 bits per heavy atom. The van der Waals surface area contributed by atoms with Crippen LogP contribution in [0.1, 0.15) is 0 Å². The van der Waals surface area contributed by atoms with E-state index < -0.39 is 16.1 Å². The van der Waals surface area contributed by atoms with Gasteiger partial charge in [0.15, 0.2) is 0 Å². The van der Waals surface area contributed by atoms with E-state index >= 15 is 0 Å². The maximum Gasteiger partial charge on any atom is 0.323 e. The largest absolute Gasteiger partial charge is 0.323 e. The first-order valence-electron chi connectivity index (χ1n) is 4.16. The van der Waals surface area contributed by atoms with E-state index in [2.05, 4.69) is 27.2 Å². The Labute approximate surface area is 102 Å². The van der Waals surface area contributed by atoms with E-state index in [-0.39, 0.29) is 0 Å². The molecule has 0 heterocycles. The van der Waals surface area contributed by atoms with Gasteiger partial charge in [-0.2, -0.15) is 8.42 Å². The molecule has 1 aromatic rings. The van der Waals surface area contributed by atoms with Crippen LogP contribution < -0.4 is 9.44 Å². The molecule has 0 aliphatic heterocycles. The summed E-state index contributed by atoms with van der Waals surface area (Å²) in [7, 11) is -3.92. The predicted octanol–water partition coefficient (Wildman–Crippen LogP) is 1.41. The molecule has 0 radical (unpaired) electrons. The highest BCUT2D eigenvalue weighted by Crippen LogP contribution is 2.21. The predicted molar refractivity (Wildman–Crippen MR) is 65.0 cm³/mol. The van der Waals surface area contributed by atoms with E-state index in [4.69, 9.17) is 0 Å². The van der Waals surface area contributed by atoms with Gasteiger partial charge in [0.2, 0.25) is 0 Å². The summed E-state index contributed by atoms with van der Waals surface area (Å²) >= 11 is 3.17. The van der Waals surface area contributed by atoms with Crippen LogP contribution >= 0.6 is 15.9 Å². The topological polar surface area (TPSA) is 75.3 Å². The molecule has 0 fully saturated rings. The number of amides is 1. The Bertz CT molecular complexity index is 513. The van der Waals surface area contributed by atoms with E-state index in [0.29, 0.717) is 10.2 Å². The van der Waals surface area contributed by atoms with E-state index in [9.17, 15) is 13.2 Å². The molecule has 16 heavy (non-hydrogen) atoms. The molecule has 0 aliphatic rings. The molecule has 0 saturated carbocycles. The Balaban J connectivity index is 2.85. The molecule has 0 unspecified atom stereocenters. The Morgan fingerprint density at radius 2 is 2.00 bits per heavy atom. The quantitative estimate of drug-likeness (QED) is 0.826. The van der Waals surface area contributed by atoms with Gasteiger partial charge >= 0.3 is 10.2 Å². The highest BCUT2D eigenvalue weighted by Gasteiger charge is 2.13. The average Bonchev–Trinajstić information content (AvgIpc) is 2.20. The number of carbonyl (C=O) groups excluding carboxylic acids is 1. The summed E-state index contributed by atoms with van der Waals surface area (Å²) in [5.74, 6) is -0.792. The van der Waals surface area contributed by atoms with Crippen molar-refractivity contribution in [2.75, 3.05) is 4.72 Å². The fraction of sp³-hybridized carbons (Fsp3) is 0. The maximum absolute atomic E-state index is 11.4. The summed E-state index contributed by atoms with van der Waals surface area (Å²) in [4.78, 5) is 10.8. The summed E-state index contributed by atoms with van der Waals surface area (Å²) in [6.07, 6.45) is 0.874. The number of hydrogen-bond acceptors (Lipinski definition) is 3. The number of benzene rings is 1. The molecule has 0 aromatic heterocycles. The zero-order chi connectivity index (χ0) is 12.2. The van der Waals surface area contributed by atoms with E-state index in [1.54, 1.807) is 29.0 Å². The SMILES string of the molecule is C=CC(=O)NS(=O)(=O)Nc1ccccc1Br. The number of anilines is 1. The molecule has 0 bridgehead atoms. The van der Waals surface area contributed by atoms with E-state index in [0.717, 1.165) is 6.08 Å². The lowest BCUT2D eigenvalue weighted by Crippen LogP contribution is -2.34. The van der Waals surface area contributed by atoms with Crippen LogP contribution in [0.2, 0.25) is 0 Å².